The number of hydrogen-bond donors (Lipinski definition) is 0. The summed E-state index contributed by atoms with van der Waals surface area (Å²) in [5.41, 5.74) is 6.99. The van der Waals surface area contributed by atoms with E-state index in [9.17, 15) is 0 Å². The molecule has 4 rings (SSSR count). The van der Waals surface area contributed by atoms with Crippen LogP contribution in [0.5, 0.6) is 0 Å². The first-order valence-corrected chi connectivity index (χ1v) is 8.38. The van der Waals surface area contributed by atoms with Gasteiger partial charge in [0.25, 0.3) is 0 Å². The summed E-state index contributed by atoms with van der Waals surface area (Å²) in [6.07, 6.45) is 4.80. The molecule has 1 aliphatic carbocycles. The van der Waals surface area contributed by atoms with E-state index >= 15 is 0 Å². The minimum Gasteiger partial charge on any atom is -0.0658 e. The van der Waals surface area contributed by atoms with Crippen molar-refractivity contribution in [3.05, 3.63) is 70.3 Å². The highest BCUT2D eigenvalue weighted by Gasteiger charge is 2.18. The Morgan fingerprint density at radius 1 is 0.652 bits per heavy atom. The number of hydrogen-bond acceptors (Lipinski definition) is 0. The molecule has 1 atom stereocenters. The van der Waals surface area contributed by atoms with E-state index in [1.54, 1.807) is 0 Å². The van der Waals surface area contributed by atoms with Gasteiger partial charge in [0, 0.05) is 0 Å². The Balaban J connectivity index is 2.32. The van der Waals surface area contributed by atoms with Gasteiger partial charge in [-0.1, -0.05) is 72.7 Å². The Bertz CT molecular complexity index is 999. The molecule has 0 heterocycles. The van der Waals surface area contributed by atoms with Gasteiger partial charge < -0.3 is 0 Å². The maximum absolute atomic E-state index is 2.40. The summed E-state index contributed by atoms with van der Waals surface area (Å²) in [5, 5.41) is 5.49. The average molecular weight is 298 g/mol. The molecular weight excluding hydrogens is 276 g/mol. The van der Waals surface area contributed by atoms with Crippen molar-refractivity contribution >= 4 is 33.7 Å². The van der Waals surface area contributed by atoms with Crippen LogP contribution in [0.25, 0.3) is 33.7 Å². The monoisotopic (exact) mass is 298 g/mol. The third-order valence-corrected chi connectivity index (χ3v) is 5.45. The van der Waals surface area contributed by atoms with Crippen LogP contribution in [-0.4, -0.2) is 0 Å². The van der Waals surface area contributed by atoms with E-state index in [0.717, 1.165) is 0 Å². The second-order valence-corrected chi connectivity index (χ2v) is 6.87. The Morgan fingerprint density at radius 2 is 1.22 bits per heavy atom. The summed E-state index contributed by atoms with van der Waals surface area (Å²) >= 11 is 0. The lowest BCUT2D eigenvalue weighted by molar-refractivity contribution is 0.816. The third-order valence-electron chi connectivity index (χ3n) is 5.45. The van der Waals surface area contributed by atoms with Gasteiger partial charge in [-0.15, -0.1) is 0 Å². The summed E-state index contributed by atoms with van der Waals surface area (Å²) in [6, 6.07) is 15.5. The molecule has 0 radical (unpaired) electrons. The van der Waals surface area contributed by atoms with Crippen LogP contribution >= 0.6 is 0 Å². The summed E-state index contributed by atoms with van der Waals surface area (Å²) in [5.74, 6) is 0.501. The molecule has 0 unspecified atom stereocenters. The van der Waals surface area contributed by atoms with E-state index in [2.05, 4.69) is 82.3 Å². The van der Waals surface area contributed by atoms with E-state index in [1.807, 2.05) is 0 Å². The topological polar surface area (TPSA) is 0 Å². The predicted molar refractivity (Wildman–Crippen MR) is 103 cm³/mol. The largest absolute Gasteiger partial charge is 0.0658 e. The van der Waals surface area contributed by atoms with Gasteiger partial charge in [0.2, 0.25) is 0 Å². The maximum atomic E-state index is 2.40. The predicted octanol–water partition coefficient (Wildman–Crippen LogP) is 6.76. The van der Waals surface area contributed by atoms with Crippen molar-refractivity contribution in [2.45, 2.75) is 27.7 Å². The number of allylic oxidation sites excluding steroid dienone is 2. The van der Waals surface area contributed by atoms with Gasteiger partial charge in [-0.3, -0.25) is 0 Å². The SMILES string of the molecule is CC1=Cc2c(c3cccc(C)c3c3ccccc23)C=C(C)[C@H]1C. The number of benzene rings is 3. The van der Waals surface area contributed by atoms with Crippen molar-refractivity contribution in [1.29, 1.82) is 0 Å². The lowest BCUT2D eigenvalue weighted by Gasteiger charge is -2.14. The Kier molecular flexibility index (Phi) is 3.16. The fourth-order valence-corrected chi connectivity index (χ4v) is 3.85. The van der Waals surface area contributed by atoms with E-state index in [4.69, 9.17) is 0 Å². The molecule has 0 heteroatoms. The van der Waals surface area contributed by atoms with Crippen molar-refractivity contribution in [3.8, 4) is 0 Å². The molecule has 0 saturated carbocycles. The van der Waals surface area contributed by atoms with Gasteiger partial charge in [-0.05, 0) is 64.9 Å². The molecule has 114 valence electrons. The van der Waals surface area contributed by atoms with E-state index in [0.29, 0.717) is 5.92 Å². The zero-order valence-electron chi connectivity index (χ0n) is 14.3. The molecule has 0 spiro atoms. The molecule has 3 aromatic carbocycles. The van der Waals surface area contributed by atoms with E-state index in [-0.39, 0.29) is 0 Å². The normalized spacial score (nSPS) is 17.7. The molecule has 0 N–H and O–H groups in total. The van der Waals surface area contributed by atoms with Crippen LogP contribution < -0.4 is 0 Å². The Labute approximate surface area is 138 Å². The first kappa shape index (κ1) is 14.3. The number of fused-ring (bicyclic) bond motifs is 6. The molecular formula is C23H22. The van der Waals surface area contributed by atoms with Crippen molar-refractivity contribution in [2.24, 2.45) is 5.92 Å². The van der Waals surface area contributed by atoms with Crippen LogP contribution in [0.3, 0.4) is 0 Å². The summed E-state index contributed by atoms with van der Waals surface area (Å²) in [4.78, 5) is 0. The Morgan fingerprint density at radius 3 is 1.91 bits per heavy atom. The van der Waals surface area contributed by atoms with E-state index < -0.39 is 0 Å². The molecule has 0 aromatic heterocycles. The van der Waals surface area contributed by atoms with Gasteiger partial charge in [-0.2, -0.15) is 0 Å². The average Bonchev–Trinajstić information content (AvgIpc) is 2.66. The van der Waals surface area contributed by atoms with Crippen LogP contribution in [0.15, 0.2) is 53.6 Å². The molecule has 0 bridgehead atoms. The molecule has 0 fully saturated rings. The van der Waals surface area contributed by atoms with Crippen LogP contribution in [0.2, 0.25) is 0 Å². The highest BCUT2D eigenvalue weighted by molar-refractivity contribution is 6.16. The molecule has 0 nitrogen and oxygen atoms in total. The number of aryl methyl sites for hydroxylation is 1. The molecule has 0 aliphatic heterocycles. The van der Waals surface area contributed by atoms with Crippen LogP contribution in [0.4, 0.5) is 0 Å². The fraction of sp³-hybridized carbons (Fsp3) is 0.217. The van der Waals surface area contributed by atoms with Crippen molar-refractivity contribution in [3.63, 3.8) is 0 Å². The van der Waals surface area contributed by atoms with Crippen LogP contribution in [0.1, 0.15) is 37.5 Å². The maximum Gasteiger partial charge on any atom is -0.00203 e. The number of rotatable bonds is 0. The quantitative estimate of drug-likeness (QED) is 0.402. The van der Waals surface area contributed by atoms with Gasteiger partial charge in [0.15, 0.2) is 0 Å². The zero-order valence-corrected chi connectivity index (χ0v) is 14.3. The summed E-state index contributed by atoms with van der Waals surface area (Å²) in [7, 11) is 0. The van der Waals surface area contributed by atoms with Gasteiger partial charge >= 0.3 is 0 Å². The van der Waals surface area contributed by atoms with Gasteiger partial charge in [0.05, 0.1) is 0 Å². The first-order valence-electron chi connectivity index (χ1n) is 8.38. The second-order valence-electron chi connectivity index (χ2n) is 6.87. The second kappa shape index (κ2) is 5.09. The van der Waals surface area contributed by atoms with Crippen LogP contribution in [0, 0.1) is 12.8 Å². The van der Waals surface area contributed by atoms with Crippen LogP contribution in [-0.2, 0) is 0 Å². The van der Waals surface area contributed by atoms with Crippen molar-refractivity contribution in [1.82, 2.24) is 0 Å². The van der Waals surface area contributed by atoms with E-state index in [1.165, 1.54) is 49.4 Å². The minimum atomic E-state index is 0.501. The zero-order chi connectivity index (χ0) is 16.1. The van der Waals surface area contributed by atoms with Gasteiger partial charge in [-0.25, -0.2) is 0 Å². The van der Waals surface area contributed by atoms with Gasteiger partial charge in [0.1, 0.15) is 0 Å². The standard InChI is InChI=1S/C23H22/c1-14-8-7-11-20-22-13-16(3)17(4)15(2)12-21(22)18-9-5-6-10-19(18)23(14)20/h5-13,17H,1-4H3/t17-/m0/s1. The third kappa shape index (κ3) is 2.05. The summed E-state index contributed by atoms with van der Waals surface area (Å²) < 4.78 is 0. The fourth-order valence-electron chi connectivity index (χ4n) is 3.85. The lowest BCUT2D eigenvalue weighted by Crippen LogP contribution is -1.95. The molecule has 3 aromatic rings. The molecule has 0 amide bonds. The Hall–Kier alpha value is -2.34. The molecule has 1 aliphatic rings. The summed E-state index contributed by atoms with van der Waals surface area (Å²) in [6.45, 7) is 9.04. The van der Waals surface area contributed by atoms with Crippen molar-refractivity contribution in [2.75, 3.05) is 0 Å². The van der Waals surface area contributed by atoms with Crippen molar-refractivity contribution < 1.29 is 0 Å². The minimum absolute atomic E-state index is 0.501. The smallest absolute Gasteiger partial charge is 0.00203 e. The highest BCUT2D eigenvalue weighted by atomic mass is 14.2. The lowest BCUT2D eigenvalue weighted by atomic mass is 9.89. The highest BCUT2D eigenvalue weighted by Crippen LogP contribution is 2.40. The molecule has 23 heavy (non-hydrogen) atoms. The molecule has 0 saturated heterocycles. The first-order chi connectivity index (χ1) is 11.1.